The number of ether oxygens (including phenoxy) is 1. The maximum absolute atomic E-state index is 12.9. The first-order chi connectivity index (χ1) is 9.10. The van der Waals surface area contributed by atoms with Crippen LogP contribution >= 0.6 is 11.6 Å². The number of rotatable bonds is 4. The molecule has 0 saturated heterocycles. The second-order valence-electron chi connectivity index (χ2n) is 4.04. The summed E-state index contributed by atoms with van der Waals surface area (Å²) in [5, 5.41) is 3.54. The average molecular weight is 281 g/mol. The number of nitrogens with one attached hydrogen (secondary N) is 1. The maximum Gasteiger partial charge on any atom is 0.124 e. The van der Waals surface area contributed by atoms with Gasteiger partial charge in [0.2, 0.25) is 0 Å². The molecule has 0 aliphatic heterocycles. The third kappa shape index (κ3) is 3.29. The van der Waals surface area contributed by atoms with Crippen molar-refractivity contribution < 1.29 is 9.13 Å². The highest BCUT2D eigenvalue weighted by atomic mass is 35.5. The number of nitrogen functional groups attached to an aromatic ring is 1. The van der Waals surface area contributed by atoms with Crippen molar-refractivity contribution >= 4 is 23.0 Å². The van der Waals surface area contributed by atoms with Crippen LogP contribution in [0, 0.1) is 5.82 Å². The Kier molecular flexibility index (Phi) is 4.12. The minimum atomic E-state index is -0.349. The normalized spacial score (nSPS) is 10.3. The predicted octanol–water partition coefficient (Wildman–Crippen LogP) is 3.68. The van der Waals surface area contributed by atoms with Crippen LogP contribution in [-0.2, 0) is 6.54 Å². The van der Waals surface area contributed by atoms with Gasteiger partial charge in [0, 0.05) is 17.6 Å². The predicted molar refractivity (Wildman–Crippen MR) is 76.1 cm³/mol. The van der Waals surface area contributed by atoms with Gasteiger partial charge in [0.25, 0.3) is 0 Å². The zero-order valence-corrected chi connectivity index (χ0v) is 11.2. The Balaban J connectivity index is 2.10. The number of halogens is 2. The molecule has 0 radical (unpaired) electrons. The topological polar surface area (TPSA) is 47.3 Å². The second kappa shape index (κ2) is 5.80. The van der Waals surface area contributed by atoms with E-state index in [1.165, 1.54) is 12.1 Å². The first-order valence-electron chi connectivity index (χ1n) is 5.71. The van der Waals surface area contributed by atoms with Crippen LogP contribution in [-0.4, -0.2) is 7.11 Å². The Morgan fingerprint density at radius 3 is 2.68 bits per heavy atom. The molecule has 0 aliphatic carbocycles. The Bertz CT molecular complexity index is 590. The van der Waals surface area contributed by atoms with E-state index in [0.717, 1.165) is 11.3 Å². The van der Waals surface area contributed by atoms with Crippen LogP contribution in [0.4, 0.5) is 15.8 Å². The molecule has 0 amide bonds. The Morgan fingerprint density at radius 2 is 2.05 bits per heavy atom. The second-order valence-corrected chi connectivity index (χ2v) is 4.45. The molecule has 0 fully saturated rings. The van der Waals surface area contributed by atoms with E-state index in [-0.39, 0.29) is 5.82 Å². The zero-order valence-electron chi connectivity index (χ0n) is 10.4. The van der Waals surface area contributed by atoms with Crippen molar-refractivity contribution in [2.45, 2.75) is 6.54 Å². The molecule has 0 atom stereocenters. The lowest BCUT2D eigenvalue weighted by Crippen LogP contribution is -2.03. The summed E-state index contributed by atoms with van der Waals surface area (Å²) in [5.74, 6) is 0.348. The molecule has 19 heavy (non-hydrogen) atoms. The third-order valence-corrected chi connectivity index (χ3v) is 3.09. The molecule has 0 unspecified atom stereocenters. The van der Waals surface area contributed by atoms with Gasteiger partial charge in [-0.05, 0) is 29.8 Å². The van der Waals surface area contributed by atoms with E-state index in [0.29, 0.717) is 23.0 Å². The van der Waals surface area contributed by atoms with E-state index in [2.05, 4.69) is 5.32 Å². The van der Waals surface area contributed by atoms with Crippen molar-refractivity contribution in [1.29, 1.82) is 0 Å². The van der Waals surface area contributed by atoms with Crippen molar-refractivity contribution in [3.8, 4) is 5.75 Å². The van der Waals surface area contributed by atoms with Crippen molar-refractivity contribution in [2.75, 3.05) is 18.2 Å². The molecule has 0 spiro atoms. The molecule has 0 heterocycles. The third-order valence-electron chi connectivity index (χ3n) is 2.74. The van der Waals surface area contributed by atoms with E-state index in [1.54, 1.807) is 19.2 Å². The summed E-state index contributed by atoms with van der Waals surface area (Å²) in [4.78, 5) is 0. The summed E-state index contributed by atoms with van der Waals surface area (Å²) < 4.78 is 18.0. The molecule has 0 aromatic heterocycles. The van der Waals surface area contributed by atoms with E-state index >= 15 is 0 Å². The fourth-order valence-corrected chi connectivity index (χ4v) is 1.92. The van der Waals surface area contributed by atoms with Crippen LogP contribution in [0.1, 0.15) is 5.56 Å². The van der Waals surface area contributed by atoms with Gasteiger partial charge in [-0.25, -0.2) is 4.39 Å². The first kappa shape index (κ1) is 13.5. The molecule has 0 saturated carbocycles. The quantitative estimate of drug-likeness (QED) is 0.840. The van der Waals surface area contributed by atoms with Gasteiger partial charge in [0.15, 0.2) is 0 Å². The minimum absolute atomic E-state index is 0.349. The van der Waals surface area contributed by atoms with Crippen LogP contribution in [0.15, 0.2) is 36.4 Å². The number of methoxy groups -OCH3 is 1. The summed E-state index contributed by atoms with van der Waals surface area (Å²) >= 11 is 5.95. The molecule has 2 aromatic carbocycles. The van der Waals surface area contributed by atoms with Crippen LogP contribution < -0.4 is 15.8 Å². The SMILES string of the molecule is COc1ccc(NCc2ccc(F)cc2Cl)c(N)c1. The van der Waals surface area contributed by atoms with Gasteiger partial charge in [-0.15, -0.1) is 0 Å². The monoisotopic (exact) mass is 280 g/mol. The van der Waals surface area contributed by atoms with Crippen molar-refractivity contribution in [3.05, 3.63) is 52.8 Å². The highest BCUT2D eigenvalue weighted by Crippen LogP contribution is 2.25. The lowest BCUT2D eigenvalue weighted by atomic mass is 10.2. The van der Waals surface area contributed by atoms with Crippen molar-refractivity contribution in [3.63, 3.8) is 0 Å². The Morgan fingerprint density at radius 1 is 1.26 bits per heavy atom. The summed E-state index contributed by atoms with van der Waals surface area (Å²) in [5.41, 5.74) is 8.05. The van der Waals surface area contributed by atoms with Gasteiger partial charge < -0.3 is 15.8 Å². The van der Waals surface area contributed by atoms with E-state index in [9.17, 15) is 4.39 Å². The van der Waals surface area contributed by atoms with Crippen LogP contribution in [0.25, 0.3) is 0 Å². The van der Waals surface area contributed by atoms with Crippen molar-refractivity contribution in [1.82, 2.24) is 0 Å². The molecule has 0 bridgehead atoms. The van der Waals surface area contributed by atoms with Gasteiger partial charge in [-0.3, -0.25) is 0 Å². The molecule has 5 heteroatoms. The van der Waals surface area contributed by atoms with Gasteiger partial charge in [-0.1, -0.05) is 17.7 Å². The summed E-state index contributed by atoms with van der Waals surface area (Å²) in [6, 6.07) is 9.67. The molecule has 3 nitrogen and oxygen atoms in total. The Labute approximate surface area is 116 Å². The number of hydrogen-bond acceptors (Lipinski definition) is 3. The van der Waals surface area contributed by atoms with Crippen LogP contribution in [0.3, 0.4) is 0 Å². The largest absolute Gasteiger partial charge is 0.497 e. The van der Waals surface area contributed by atoms with Crippen molar-refractivity contribution in [2.24, 2.45) is 0 Å². The van der Waals surface area contributed by atoms with Gasteiger partial charge in [-0.2, -0.15) is 0 Å². The lowest BCUT2D eigenvalue weighted by Gasteiger charge is -2.11. The highest BCUT2D eigenvalue weighted by Gasteiger charge is 2.04. The molecule has 0 aliphatic rings. The first-order valence-corrected chi connectivity index (χ1v) is 6.09. The standard InChI is InChI=1S/C14H14ClFN2O/c1-19-11-4-5-14(13(17)7-11)18-8-9-2-3-10(16)6-12(9)15/h2-7,18H,8,17H2,1H3. The fourth-order valence-electron chi connectivity index (χ4n) is 1.68. The summed E-state index contributed by atoms with van der Waals surface area (Å²) in [7, 11) is 1.58. The molecule has 100 valence electrons. The number of benzene rings is 2. The lowest BCUT2D eigenvalue weighted by molar-refractivity contribution is 0.415. The molecular formula is C14H14ClFN2O. The Hall–Kier alpha value is -1.94. The van der Waals surface area contributed by atoms with Crippen LogP contribution in [0.2, 0.25) is 5.02 Å². The smallest absolute Gasteiger partial charge is 0.124 e. The van der Waals surface area contributed by atoms with E-state index in [1.807, 2.05) is 12.1 Å². The summed E-state index contributed by atoms with van der Waals surface area (Å²) in [6.45, 7) is 0.468. The maximum atomic E-state index is 12.9. The van der Waals surface area contributed by atoms with E-state index < -0.39 is 0 Å². The molecule has 2 rings (SSSR count). The molecule has 2 aromatic rings. The van der Waals surface area contributed by atoms with Gasteiger partial charge >= 0.3 is 0 Å². The zero-order chi connectivity index (χ0) is 13.8. The van der Waals surface area contributed by atoms with Crippen LogP contribution in [0.5, 0.6) is 5.75 Å². The molecular weight excluding hydrogens is 267 g/mol. The molecule has 3 N–H and O–H groups in total. The summed E-state index contributed by atoms with van der Waals surface area (Å²) in [6.07, 6.45) is 0. The van der Waals surface area contributed by atoms with E-state index in [4.69, 9.17) is 22.1 Å². The highest BCUT2D eigenvalue weighted by molar-refractivity contribution is 6.31. The number of anilines is 2. The van der Waals surface area contributed by atoms with Gasteiger partial charge in [0.1, 0.15) is 11.6 Å². The minimum Gasteiger partial charge on any atom is -0.497 e. The van der Waals surface area contributed by atoms with Gasteiger partial charge in [0.05, 0.1) is 18.5 Å². The fraction of sp³-hybridized carbons (Fsp3) is 0.143. The number of hydrogen-bond donors (Lipinski definition) is 2. The number of nitrogens with two attached hydrogens (primary N) is 1. The average Bonchev–Trinajstić information content (AvgIpc) is 2.39.